The minimum Gasteiger partial charge on any atom is -0.326 e. The fourth-order valence-corrected chi connectivity index (χ4v) is 1.40. The molecule has 15 heavy (non-hydrogen) atoms. The molecule has 1 rings (SSSR count). The fraction of sp³-hybridized carbons (Fsp3) is 0.273. The normalized spacial score (nSPS) is 9.80. The Morgan fingerprint density at radius 1 is 1.27 bits per heavy atom. The van der Waals surface area contributed by atoms with Crippen LogP contribution in [0.2, 0.25) is 0 Å². The Hall–Kier alpha value is -1.35. The van der Waals surface area contributed by atoms with Crippen LogP contribution in [0.15, 0.2) is 18.2 Å². The second kappa shape index (κ2) is 4.94. The predicted molar refractivity (Wildman–Crippen MR) is 60.3 cm³/mol. The lowest BCUT2D eigenvalue weighted by molar-refractivity contribution is -0.114. The van der Waals surface area contributed by atoms with E-state index in [9.17, 15) is 9.59 Å². The number of Topliss-reactive ketones (excluding diaryl/α,β-unsaturated/α-hetero) is 1. The number of rotatable bonds is 3. The van der Waals surface area contributed by atoms with E-state index in [1.165, 1.54) is 13.8 Å². The monoisotopic (exact) mass is 225 g/mol. The molecule has 0 bridgehead atoms. The van der Waals surface area contributed by atoms with Gasteiger partial charge in [-0.15, -0.1) is 11.6 Å². The molecule has 0 heterocycles. The van der Waals surface area contributed by atoms with Crippen molar-refractivity contribution < 1.29 is 9.59 Å². The lowest BCUT2D eigenvalue weighted by Crippen LogP contribution is -2.07. The van der Waals surface area contributed by atoms with Crippen molar-refractivity contribution in [2.75, 3.05) is 5.32 Å². The van der Waals surface area contributed by atoms with Crippen LogP contribution in [-0.4, -0.2) is 11.7 Å². The van der Waals surface area contributed by atoms with E-state index in [1.54, 1.807) is 18.2 Å². The second-order valence-corrected chi connectivity index (χ2v) is 3.56. The van der Waals surface area contributed by atoms with Crippen molar-refractivity contribution in [3.05, 3.63) is 29.3 Å². The van der Waals surface area contributed by atoms with Gasteiger partial charge in [-0.05, 0) is 30.7 Å². The molecule has 0 aliphatic heterocycles. The molecule has 0 aromatic heterocycles. The molecule has 80 valence electrons. The van der Waals surface area contributed by atoms with Gasteiger partial charge in [-0.2, -0.15) is 0 Å². The van der Waals surface area contributed by atoms with Gasteiger partial charge in [-0.3, -0.25) is 9.59 Å². The summed E-state index contributed by atoms with van der Waals surface area (Å²) in [6.45, 7) is 2.89. The quantitative estimate of drug-likeness (QED) is 0.635. The maximum absolute atomic E-state index is 11.2. The molecule has 0 radical (unpaired) electrons. The van der Waals surface area contributed by atoms with Gasteiger partial charge in [0.1, 0.15) is 0 Å². The molecule has 1 aromatic carbocycles. The van der Waals surface area contributed by atoms with Crippen molar-refractivity contribution in [2.45, 2.75) is 19.7 Å². The number of carbonyl (C=O) groups is 2. The fourth-order valence-electron chi connectivity index (χ4n) is 1.25. The van der Waals surface area contributed by atoms with Crippen molar-refractivity contribution >= 4 is 29.0 Å². The van der Waals surface area contributed by atoms with E-state index in [4.69, 9.17) is 11.6 Å². The van der Waals surface area contributed by atoms with Crippen LogP contribution in [0.5, 0.6) is 0 Å². The molecular weight excluding hydrogens is 214 g/mol. The first-order valence-corrected chi connectivity index (χ1v) is 5.05. The minimum atomic E-state index is -0.170. The third-order valence-electron chi connectivity index (χ3n) is 1.87. The summed E-state index contributed by atoms with van der Waals surface area (Å²) in [5, 5.41) is 2.62. The zero-order valence-corrected chi connectivity index (χ0v) is 9.39. The summed E-state index contributed by atoms with van der Waals surface area (Å²) in [5.41, 5.74) is 1.97. The van der Waals surface area contributed by atoms with Crippen molar-refractivity contribution in [1.82, 2.24) is 0 Å². The highest BCUT2D eigenvalue weighted by Gasteiger charge is 2.05. The number of benzene rings is 1. The minimum absolute atomic E-state index is 0.0476. The van der Waals surface area contributed by atoms with Crippen LogP contribution < -0.4 is 5.32 Å². The topological polar surface area (TPSA) is 46.2 Å². The summed E-state index contributed by atoms with van der Waals surface area (Å²) < 4.78 is 0. The van der Waals surface area contributed by atoms with Crippen LogP contribution >= 0.6 is 11.6 Å². The summed E-state index contributed by atoms with van der Waals surface area (Å²) in [4.78, 5) is 22.1. The Labute approximate surface area is 93.4 Å². The summed E-state index contributed by atoms with van der Waals surface area (Å²) in [6, 6.07) is 5.11. The molecule has 0 fully saturated rings. The Kier molecular flexibility index (Phi) is 3.86. The molecule has 3 nitrogen and oxygen atoms in total. The van der Waals surface area contributed by atoms with Crippen molar-refractivity contribution in [1.29, 1.82) is 0 Å². The van der Waals surface area contributed by atoms with E-state index in [0.29, 0.717) is 17.1 Å². The summed E-state index contributed by atoms with van der Waals surface area (Å²) >= 11 is 5.69. The molecule has 0 spiro atoms. The van der Waals surface area contributed by atoms with Gasteiger partial charge < -0.3 is 5.32 Å². The maximum Gasteiger partial charge on any atom is 0.221 e. The average Bonchev–Trinajstić information content (AvgIpc) is 2.16. The molecule has 0 saturated carbocycles. The predicted octanol–water partition coefficient (Wildman–Crippen LogP) is 2.59. The average molecular weight is 226 g/mol. The second-order valence-electron chi connectivity index (χ2n) is 3.29. The first-order valence-electron chi connectivity index (χ1n) is 4.51. The zero-order chi connectivity index (χ0) is 11.4. The van der Waals surface area contributed by atoms with Crippen LogP contribution in [0.25, 0.3) is 0 Å². The Balaban J connectivity index is 3.11. The van der Waals surface area contributed by atoms with Gasteiger partial charge in [-0.25, -0.2) is 0 Å². The standard InChI is InChI=1S/C11H12ClNO2/c1-7(14)10-3-9(6-12)4-11(5-10)13-8(2)15/h3-5H,6H2,1-2H3,(H,13,15). The molecule has 1 N–H and O–H groups in total. The zero-order valence-electron chi connectivity index (χ0n) is 8.63. The molecule has 0 aliphatic rings. The highest BCUT2D eigenvalue weighted by molar-refractivity contribution is 6.17. The van der Waals surface area contributed by atoms with E-state index >= 15 is 0 Å². The lowest BCUT2D eigenvalue weighted by atomic mass is 10.1. The molecule has 0 unspecified atom stereocenters. The first-order chi connectivity index (χ1) is 7.02. The number of halogens is 1. The number of hydrogen-bond donors (Lipinski definition) is 1. The van der Waals surface area contributed by atoms with Gasteiger partial charge >= 0.3 is 0 Å². The molecule has 1 amide bonds. The SMILES string of the molecule is CC(=O)Nc1cc(CCl)cc(C(C)=O)c1. The number of alkyl halides is 1. The van der Waals surface area contributed by atoms with Gasteiger partial charge in [0.05, 0.1) is 0 Å². The lowest BCUT2D eigenvalue weighted by Gasteiger charge is -2.06. The van der Waals surface area contributed by atoms with E-state index in [-0.39, 0.29) is 11.7 Å². The highest BCUT2D eigenvalue weighted by Crippen LogP contribution is 2.17. The Morgan fingerprint density at radius 3 is 2.40 bits per heavy atom. The molecule has 0 aliphatic carbocycles. The Morgan fingerprint density at radius 2 is 1.93 bits per heavy atom. The van der Waals surface area contributed by atoms with E-state index in [0.717, 1.165) is 5.56 Å². The number of carbonyl (C=O) groups excluding carboxylic acids is 2. The Bertz CT molecular complexity index is 402. The van der Waals surface area contributed by atoms with Crippen LogP contribution in [0, 0.1) is 0 Å². The number of hydrogen-bond acceptors (Lipinski definition) is 2. The smallest absolute Gasteiger partial charge is 0.221 e. The number of anilines is 1. The summed E-state index contributed by atoms with van der Waals surface area (Å²) in [7, 11) is 0. The van der Waals surface area contributed by atoms with Gasteiger partial charge in [0, 0.05) is 24.1 Å². The third-order valence-corrected chi connectivity index (χ3v) is 2.18. The van der Waals surface area contributed by atoms with Gasteiger partial charge in [-0.1, -0.05) is 0 Å². The molecular formula is C11H12ClNO2. The van der Waals surface area contributed by atoms with Crippen LogP contribution in [0.4, 0.5) is 5.69 Å². The number of nitrogens with one attached hydrogen (secondary N) is 1. The summed E-state index contributed by atoms with van der Waals surface area (Å²) in [6.07, 6.45) is 0. The van der Waals surface area contributed by atoms with Gasteiger partial charge in [0.2, 0.25) is 5.91 Å². The van der Waals surface area contributed by atoms with Crippen LogP contribution in [0.1, 0.15) is 29.8 Å². The summed E-state index contributed by atoms with van der Waals surface area (Å²) in [5.74, 6) is 0.0954. The van der Waals surface area contributed by atoms with E-state index < -0.39 is 0 Å². The molecule has 4 heteroatoms. The largest absolute Gasteiger partial charge is 0.326 e. The molecule has 0 saturated heterocycles. The number of amides is 1. The van der Waals surface area contributed by atoms with Gasteiger partial charge in [0.15, 0.2) is 5.78 Å². The highest BCUT2D eigenvalue weighted by atomic mass is 35.5. The number of ketones is 1. The van der Waals surface area contributed by atoms with Crippen LogP contribution in [0.3, 0.4) is 0 Å². The maximum atomic E-state index is 11.2. The van der Waals surface area contributed by atoms with Gasteiger partial charge in [0.25, 0.3) is 0 Å². The molecule has 0 atom stereocenters. The van der Waals surface area contributed by atoms with Crippen molar-refractivity contribution in [3.8, 4) is 0 Å². The third kappa shape index (κ3) is 3.36. The van der Waals surface area contributed by atoms with E-state index in [1.807, 2.05) is 0 Å². The van der Waals surface area contributed by atoms with Crippen molar-refractivity contribution in [3.63, 3.8) is 0 Å². The first kappa shape index (κ1) is 11.7. The molecule has 1 aromatic rings. The van der Waals surface area contributed by atoms with Crippen LogP contribution in [-0.2, 0) is 10.7 Å². The van der Waals surface area contributed by atoms with Crippen molar-refractivity contribution in [2.24, 2.45) is 0 Å². The van der Waals surface area contributed by atoms with E-state index in [2.05, 4.69) is 5.32 Å².